The molecule has 0 rings (SSSR count). The first-order valence-corrected chi connectivity index (χ1v) is 7.40. The van der Waals surface area contributed by atoms with E-state index in [9.17, 15) is 18.0 Å². The van der Waals surface area contributed by atoms with Crippen LogP contribution in [0.3, 0.4) is 0 Å². The van der Waals surface area contributed by atoms with Crippen LogP contribution in [0.25, 0.3) is 0 Å². The summed E-state index contributed by atoms with van der Waals surface area (Å²) in [6, 6.07) is 0.0566. The highest BCUT2D eigenvalue weighted by Gasteiger charge is 2.13. The van der Waals surface area contributed by atoms with E-state index in [4.69, 9.17) is 5.11 Å². The van der Waals surface area contributed by atoms with Crippen LogP contribution >= 0.6 is 0 Å². The summed E-state index contributed by atoms with van der Waals surface area (Å²) >= 11 is 0. The molecule has 0 aromatic heterocycles. The number of carbonyl (C=O) groups is 2. The summed E-state index contributed by atoms with van der Waals surface area (Å²) in [5.74, 6) is -1.88. The second-order valence-electron chi connectivity index (χ2n) is 3.98. The molecule has 0 spiro atoms. The van der Waals surface area contributed by atoms with E-state index in [1.165, 1.54) is 0 Å². The molecule has 8 heteroatoms. The number of sulfonamides is 1. The quantitative estimate of drug-likeness (QED) is 0.536. The molecule has 0 bridgehead atoms. The first kappa shape index (κ1) is 16.9. The average Bonchev–Trinajstić information content (AvgIpc) is 2.26. The van der Waals surface area contributed by atoms with Crippen LogP contribution < -0.4 is 10.0 Å². The van der Waals surface area contributed by atoms with Crippen molar-refractivity contribution in [3.8, 4) is 0 Å². The molecule has 0 fully saturated rings. The Morgan fingerprint density at radius 2 is 1.89 bits per heavy atom. The van der Waals surface area contributed by atoms with Gasteiger partial charge in [0.2, 0.25) is 15.9 Å². The molecule has 0 heterocycles. The van der Waals surface area contributed by atoms with Crippen molar-refractivity contribution < 1.29 is 23.1 Å². The number of hydrogen-bond donors (Lipinski definition) is 3. The Labute approximate surface area is 107 Å². The number of carboxylic acid groups (broad SMARTS) is 1. The Kier molecular flexibility index (Phi) is 7.53. The second-order valence-corrected chi connectivity index (χ2v) is 5.91. The molecule has 0 aliphatic heterocycles. The molecule has 0 saturated carbocycles. The number of carbonyl (C=O) groups excluding carboxylic acids is 1. The third-order valence-corrected chi connectivity index (χ3v) is 3.66. The predicted molar refractivity (Wildman–Crippen MR) is 66.6 cm³/mol. The minimum Gasteiger partial charge on any atom is -0.481 e. The largest absolute Gasteiger partial charge is 0.481 e. The number of amides is 1. The minimum absolute atomic E-state index is 0.0236. The van der Waals surface area contributed by atoms with E-state index in [1.807, 2.05) is 13.8 Å². The zero-order valence-electron chi connectivity index (χ0n) is 10.6. The number of nitrogens with one attached hydrogen (secondary N) is 2. The van der Waals surface area contributed by atoms with Crippen molar-refractivity contribution in [3.05, 3.63) is 0 Å². The lowest BCUT2D eigenvalue weighted by atomic mass is 10.2. The Bertz CT molecular complexity index is 380. The van der Waals surface area contributed by atoms with Gasteiger partial charge in [-0.05, 0) is 13.3 Å². The van der Waals surface area contributed by atoms with Crippen LogP contribution in [0.2, 0.25) is 0 Å². The van der Waals surface area contributed by atoms with Crippen LogP contribution in [0.15, 0.2) is 0 Å². The third kappa shape index (κ3) is 8.94. The van der Waals surface area contributed by atoms with Crippen molar-refractivity contribution >= 4 is 21.9 Å². The maximum atomic E-state index is 11.3. The Morgan fingerprint density at radius 3 is 2.39 bits per heavy atom. The van der Waals surface area contributed by atoms with Crippen molar-refractivity contribution in [2.75, 3.05) is 12.3 Å². The molecule has 106 valence electrons. The van der Waals surface area contributed by atoms with Gasteiger partial charge in [-0.2, -0.15) is 0 Å². The zero-order chi connectivity index (χ0) is 14.2. The van der Waals surface area contributed by atoms with Crippen molar-refractivity contribution in [1.82, 2.24) is 10.0 Å². The summed E-state index contributed by atoms with van der Waals surface area (Å²) in [7, 11) is -3.62. The lowest BCUT2D eigenvalue weighted by Crippen LogP contribution is -2.35. The number of rotatable bonds is 9. The Balaban J connectivity index is 3.89. The Morgan fingerprint density at radius 1 is 1.28 bits per heavy atom. The van der Waals surface area contributed by atoms with Crippen LogP contribution in [-0.2, 0) is 19.6 Å². The summed E-state index contributed by atoms with van der Waals surface area (Å²) in [5.41, 5.74) is 0. The fourth-order valence-electron chi connectivity index (χ4n) is 1.06. The zero-order valence-corrected chi connectivity index (χ0v) is 11.4. The van der Waals surface area contributed by atoms with E-state index >= 15 is 0 Å². The molecule has 3 N–H and O–H groups in total. The summed E-state index contributed by atoms with van der Waals surface area (Å²) in [5, 5.41) is 11.1. The molecule has 0 aromatic rings. The average molecular weight is 280 g/mol. The third-order valence-electron chi connectivity index (χ3n) is 2.28. The molecule has 0 aliphatic carbocycles. The van der Waals surface area contributed by atoms with Crippen molar-refractivity contribution in [2.24, 2.45) is 0 Å². The van der Waals surface area contributed by atoms with Gasteiger partial charge in [0.15, 0.2) is 0 Å². The predicted octanol–water partition coefficient (Wildman–Crippen LogP) is -0.315. The van der Waals surface area contributed by atoms with E-state index < -0.39 is 28.2 Å². The van der Waals surface area contributed by atoms with Gasteiger partial charge in [0, 0.05) is 19.0 Å². The lowest BCUT2D eigenvalue weighted by molar-refractivity contribution is -0.136. The summed E-state index contributed by atoms with van der Waals surface area (Å²) < 4.78 is 24.8. The van der Waals surface area contributed by atoms with Gasteiger partial charge in [-0.3, -0.25) is 9.59 Å². The molecule has 1 atom stereocenters. The molecular weight excluding hydrogens is 260 g/mol. The van der Waals surface area contributed by atoms with E-state index in [-0.39, 0.29) is 24.9 Å². The SMILES string of the molecule is CCC(C)NC(=O)CCNS(=O)(=O)CCC(=O)O. The van der Waals surface area contributed by atoms with Gasteiger partial charge in [0.1, 0.15) is 0 Å². The highest BCUT2D eigenvalue weighted by Crippen LogP contribution is 1.92. The van der Waals surface area contributed by atoms with Crippen LogP contribution in [0.1, 0.15) is 33.1 Å². The highest BCUT2D eigenvalue weighted by atomic mass is 32.2. The molecule has 7 nitrogen and oxygen atoms in total. The summed E-state index contributed by atoms with van der Waals surface area (Å²) in [6.07, 6.45) is 0.390. The van der Waals surface area contributed by atoms with Gasteiger partial charge < -0.3 is 10.4 Å². The molecular formula is C10H20N2O5S. The molecule has 18 heavy (non-hydrogen) atoms. The van der Waals surface area contributed by atoms with Crippen molar-refractivity contribution in [2.45, 2.75) is 39.2 Å². The maximum absolute atomic E-state index is 11.3. The number of carboxylic acids is 1. The number of aliphatic carboxylic acids is 1. The first-order valence-electron chi connectivity index (χ1n) is 5.75. The van der Waals surface area contributed by atoms with Gasteiger partial charge in [0.25, 0.3) is 0 Å². The van der Waals surface area contributed by atoms with Gasteiger partial charge in [-0.1, -0.05) is 6.92 Å². The molecule has 0 aliphatic rings. The van der Waals surface area contributed by atoms with E-state index in [0.717, 1.165) is 6.42 Å². The highest BCUT2D eigenvalue weighted by molar-refractivity contribution is 7.89. The molecule has 0 aromatic carbocycles. The van der Waals surface area contributed by atoms with Crippen LogP contribution in [-0.4, -0.2) is 43.7 Å². The minimum atomic E-state index is -3.62. The van der Waals surface area contributed by atoms with Crippen molar-refractivity contribution in [3.63, 3.8) is 0 Å². The van der Waals surface area contributed by atoms with Crippen molar-refractivity contribution in [1.29, 1.82) is 0 Å². The monoisotopic (exact) mass is 280 g/mol. The molecule has 1 unspecified atom stereocenters. The van der Waals surface area contributed by atoms with Crippen LogP contribution in [0.5, 0.6) is 0 Å². The van der Waals surface area contributed by atoms with Gasteiger partial charge in [-0.25, -0.2) is 13.1 Å². The standard InChI is InChI=1S/C10H20N2O5S/c1-3-8(2)12-9(13)4-6-11-18(16,17)7-5-10(14)15/h8,11H,3-7H2,1-2H3,(H,12,13)(H,14,15). The fourth-order valence-corrected chi connectivity index (χ4v) is 2.06. The molecule has 0 radical (unpaired) electrons. The van der Waals surface area contributed by atoms with E-state index in [0.29, 0.717) is 0 Å². The topological polar surface area (TPSA) is 113 Å². The second kappa shape index (κ2) is 8.04. The molecule has 1 amide bonds. The van der Waals surface area contributed by atoms with E-state index in [2.05, 4.69) is 10.0 Å². The smallest absolute Gasteiger partial charge is 0.304 e. The molecule has 0 saturated heterocycles. The first-order chi connectivity index (χ1) is 8.26. The normalized spacial score (nSPS) is 13.0. The maximum Gasteiger partial charge on any atom is 0.304 e. The van der Waals surface area contributed by atoms with Crippen LogP contribution in [0, 0.1) is 0 Å². The summed E-state index contributed by atoms with van der Waals surface area (Å²) in [4.78, 5) is 21.6. The van der Waals surface area contributed by atoms with E-state index in [1.54, 1.807) is 0 Å². The van der Waals surface area contributed by atoms with Crippen LogP contribution in [0.4, 0.5) is 0 Å². The number of hydrogen-bond acceptors (Lipinski definition) is 4. The Hall–Kier alpha value is -1.15. The van der Waals surface area contributed by atoms with Gasteiger partial charge in [0.05, 0.1) is 12.2 Å². The van der Waals surface area contributed by atoms with Gasteiger partial charge in [-0.15, -0.1) is 0 Å². The van der Waals surface area contributed by atoms with Gasteiger partial charge >= 0.3 is 5.97 Å². The lowest BCUT2D eigenvalue weighted by Gasteiger charge is -2.11. The summed E-state index contributed by atoms with van der Waals surface area (Å²) in [6.45, 7) is 3.76. The fraction of sp³-hybridized carbons (Fsp3) is 0.800.